The molecule has 0 bridgehead atoms. The molecule has 4 aromatic rings. The first-order chi connectivity index (χ1) is 27.4. The summed E-state index contributed by atoms with van der Waals surface area (Å²) in [5, 5.41) is 10.0. The monoisotopic (exact) mass is 822 g/mol. The van der Waals surface area contributed by atoms with Gasteiger partial charge in [0, 0.05) is 73.8 Å². The van der Waals surface area contributed by atoms with Crippen LogP contribution < -0.4 is 25.8 Å². The molecule has 2 aromatic heterocycles. The van der Waals surface area contributed by atoms with Crippen LogP contribution in [0.4, 0.5) is 10.2 Å². The molecule has 1 unspecified atom stereocenters. The molecule has 1 fully saturated rings. The van der Waals surface area contributed by atoms with E-state index in [-0.39, 0.29) is 64.1 Å². The number of likely N-dealkylation sites (tertiary alicyclic amines) is 1. The van der Waals surface area contributed by atoms with Crippen molar-refractivity contribution < 1.29 is 37.8 Å². The fourth-order valence-corrected chi connectivity index (χ4v) is 7.55. The lowest BCUT2D eigenvalue weighted by molar-refractivity contribution is -0.123. The van der Waals surface area contributed by atoms with Gasteiger partial charge in [0.2, 0.25) is 5.91 Å². The van der Waals surface area contributed by atoms with Gasteiger partial charge in [-0.2, -0.15) is 5.10 Å². The summed E-state index contributed by atoms with van der Waals surface area (Å²) < 4.78 is 27.8. The molecule has 2 aliphatic rings. The summed E-state index contributed by atoms with van der Waals surface area (Å²) in [5.41, 5.74) is 7.99. The highest BCUT2D eigenvalue weighted by Crippen LogP contribution is 2.37. The number of carbonyl (C=O) groups excluding carboxylic acids is 5. The van der Waals surface area contributed by atoms with Crippen molar-refractivity contribution in [2.75, 3.05) is 45.6 Å². The summed E-state index contributed by atoms with van der Waals surface area (Å²) >= 11 is 12.5. The van der Waals surface area contributed by atoms with E-state index in [1.807, 2.05) is 10.9 Å². The molecule has 4 heterocycles. The molecule has 1 saturated heterocycles. The van der Waals surface area contributed by atoms with Crippen LogP contribution in [-0.2, 0) is 14.4 Å². The second kappa shape index (κ2) is 18.1. The second-order valence-corrected chi connectivity index (χ2v) is 14.4. The van der Waals surface area contributed by atoms with Gasteiger partial charge in [0.25, 0.3) is 17.7 Å². The van der Waals surface area contributed by atoms with Crippen molar-refractivity contribution in [1.82, 2.24) is 35.2 Å². The van der Waals surface area contributed by atoms with Gasteiger partial charge in [0.1, 0.15) is 24.0 Å². The molecule has 0 spiro atoms. The minimum absolute atomic E-state index is 0.0238. The zero-order chi connectivity index (χ0) is 40.8. The number of nitrogen functional groups attached to an aromatic ring is 1. The maximum Gasteiger partial charge on any atom is 0.265 e. The largest absolute Gasteiger partial charge is 0.483 e. The number of hydrogen-bond donors (Lipinski definition) is 3. The smallest absolute Gasteiger partial charge is 0.265 e. The van der Waals surface area contributed by atoms with Crippen LogP contribution in [0.5, 0.6) is 11.5 Å². The van der Waals surface area contributed by atoms with Gasteiger partial charge in [-0.3, -0.25) is 28.8 Å². The molecule has 4 N–H and O–H groups in total. The Hall–Kier alpha value is -5.58. The molecule has 2 aromatic carbocycles. The number of amides is 4. The number of nitrogens with zero attached hydrogens (tertiary/aromatic N) is 5. The molecule has 4 amide bonds. The fourth-order valence-electron chi connectivity index (χ4n) is 6.87. The normalized spacial score (nSPS) is 15.6. The average molecular weight is 824 g/mol. The number of anilines is 1. The summed E-state index contributed by atoms with van der Waals surface area (Å²) in [4.78, 5) is 69.9. The molecule has 18 heteroatoms. The van der Waals surface area contributed by atoms with E-state index in [9.17, 15) is 28.4 Å². The number of nitrogens with two attached hydrogens (primary N) is 1. The molecule has 15 nitrogen and oxygen atoms in total. The number of benzene rings is 2. The lowest BCUT2D eigenvalue weighted by Gasteiger charge is -2.32. The highest BCUT2D eigenvalue weighted by molar-refractivity contribution is 6.36. The SMILES string of the molecule is CNC(=O)CCC(C=O)N1C(=O)c2cccc(OCC(=O)NCCN3CCC(n4cc(-c5cnc(N)c(O[C@H](C)c6c(Cl)ccc(F)c6Cl)c5)cn4)CC3)c2C1=O. The lowest BCUT2D eigenvalue weighted by Crippen LogP contribution is -2.41. The number of fused-ring (bicyclic) bond motifs is 1. The molecule has 6 rings (SSSR count). The van der Waals surface area contributed by atoms with Gasteiger partial charge in [-0.1, -0.05) is 29.3 Å². The molecular formula is C39H41Cl2FN8O7. The minimum Gasteiger partial charge on any atom is -0.483 e. The van der Waals surface area contributed by atoms with Crippen molar-refractivity contribution in [3.8, 4) is 22.6 Å². The van der Waals surface area contributed by atoms with Crippen molar-refractivity contribution in [2.45, 2.75) is 50.8 Å². The highest BCUT2D eigenvalue weighted by atomic mass is 35.5. The fraction of sp³-hybridized carbons (Fsp3) is 0.359. The van der Waals surface area contributed by atoms with Crippen LogP contribution in [0.25, 0.3) is 11.1 Å². The Morgan fingerprint density at radius 1 is 1.07 bits per heavy atom. The highest BCUT2D eigenvalue weighted by Gasteiger charge is 2.42. The zero-order valence-corrected chi connectivity index (χ0v) is 32.7. The number of rotatable bonds is 16. The van der Waals surface area contributed by atoms with Gasteiger partial charge in [-0.25, -0.2) is 9.37 Å². The van der Waals surface area contributed by atoms with Gasteiger partial charge < -0.3 is 35.5 Å². The number of ether oxygens (including phenoxy) is 2. The Morgan fingerprint density at radius 2 is 1.84 bits per heavy atom. The number of carbonyl (C=O) groups is 5. The van der Waals surface area contributed by atoms with Crippen LogP contribution in [0.3, 0.4) is 0 Å². The van der Waals surface area contributed by atoms with Crippen LogP contribution in [0.15, 0.2) is 55.0 Å². The number of hydrogen-bond acceptors (Lipinski definition) is 11. The first kappa shape index (κ1) is 41.1. The Bertz CT molecular complexity index is 2180. The average Bonchev–Trinajstić information content (AvgIpc) is 3.80. The van der Waals surface area contributed by atoms with Gasteiger partial charge in [-0.05, 0) is 56.5 Å². The summed E-state index contributed by atoms with van der Waals surface area (Å²) in [6, 6.07) is 7.85. The van der Waals surface area contributed by atoms with Crippen LogP contribution in [0.2, 0.25) is 10.0 Å². The summed E-state index contributed by atoms with van der Waals surface area (Å²) in [6.07, 6.45) is 6.67. The Balaban J connectivity index is 0.961. The summed E-state index contributed by atoms with van der Waals surface area (Å²) in [6.45, 7) is 3.85. The molecule has 0 saturated carbocycles. The molecule has 2 atom stereocenters. The van der Waals surface area contributed by atoms with E-state index in [1.165, 1.54) is 37.4 Å². The van der Waals surface area contributed by atoms with Crippen LogP contribution in [0.1, 0.15) is 71.0 Å². The van der Waals surface area contributed by atoms with Crippen LogP contribution >= 0.6 is 23.2 Å². The number of imide groups is 1. The maximum absolute atomic E-state index is 14.1. The topological polar surface area (TPSA) is 191 Å². The minimum atomic E-state index is -1.12. The van der Waals surface area contributed by atoms with Crippen molar-refractivity contribution in [1.29, 1.82) is 0 Å². The van der Waals surface area contributed by atoms with E-state index < -0.39 is 35.7 Å². The molecule has 300 valence electrons. The van der Waals surface area contributed by atoms with Gasteiger partial charge in [0.05, 0.1) is 34.4 Å². The number of halogens is 3. The van der Waals surface area contributed by atoms with E-state index in [4.69, 9.17) is 38.4 Å². The number of pyridine rings is 1. The van der Waals surface area contributed by atoms with Crippen molar-refractivity contribution in [3.05, 3.63) is 87.5 Å². The van der Waals surface area contributed by atoms with Crippen molar-refractivity contribution in [2.24, 2.45) is 0 Å². The Labute approximate surface area is 337 Å². The number of aromatic nitrogens is 3. The molecule has 0 radical (unpaired) electrons. The third-order valence-electron chi connectivity index (χ3n) is 9.99. The number of piperidine rings is 1. The van der Waals surface area contributed by atoms with E-state index in [2.05, 4.69) is 25.6 Å². The van der Waals surface area contributed by atoms with Crippen LogP contribution in [0, 0.1) is 5.82 Å². The third kappa shape index (κ3) is 9.19. The first-order valence-corrected chi connectivity index (χ1v) is 19.0. The maximum atomic E-state index is 14.1. The number of nitrogens with one attached hydrogen (secondary N) is 2. The molecule has 57 heavy (non-hydrogen) atoms. The molecule has 2 aliphatic heterocycles. The molecular weight excluding hydrogens is 782 g/mol. The van der Waals surface area contributed by atoms with E-state index in [0.29, 0.717) is 30.7 Å². The van der Waals surface area contributed by atoms with E-state index in [0.717, 1.165) is 42.0 Å². The Morgan fingerprint density at radius 3 is 2.58 bits per heavy atom. The van der Waals surface area contributed by atoms with Crippen molar-refractivity contribution >= 4 is 58.9 Å². The quantitative estimate of drug-likeness (QED) is 0.0811. The first-order valence-electron chi connectivity index (χ1n) is 18.3. The Kier molecular flexibility index (Phi) is 13.1. The predicted octanol–water partition coefficient (Wildman–Crippen LogP) is 4.64. The van der Waals surface area contributed by atoms with Gasteiger partial charge in [-0.15, -0.1) is 0 Å². The van der Waals surface area contributed by atoms with Gasteiger partial charge in [0.15, 0.2) is 18.2 Å². The van der Waals surface area contributed by atoms with E-state index in [1.54, 1.807) is 25.4 Å². The van der Waals surface area contributed by atoms with E-state index >= 15 is 0 Å². The predicted molar refractivity (Wildman–Crippen MR) is 209 cm³/mol. The summed E-state index contributed by atoms with van der Waals surface area (Å²) in [7, 11) is 1.45. The third-order valence-corrected chi connectivity index (χ3v) is 10.7. The zero-order valence-electron chi connectivity index (χ0n) is 31.2. The van der Waals surface area contributed by atoms with Crippen LogP contribution in [-0.4, -0.2) is 100 Å². The van der Waals surface area contributed by atoms with Gasteiger partial charge >= 0.3 is 0 Å². The van der Waals surface area contributed by atoms with Crippen molar-refractivity contribution in [3.63, 3.8) is 0 Å². The molecule has 0 aliphatic carbocycles. The lowest BCUT2D eigenvalue weighted by atomic mass is 10.1. The second-order valence-electron chi connectivity index (χ2n) is 13.6. The standard InChI is InChI=1S/C39H41Cl2FN8O7/c1-22(34-28(40)7-8-29(42)36(34)41)57-31-16-23(17-46-37(31)43)24-18-47-49(19-24)25-10-13-48(14-11-25)15-12-45-33(53)21-56-30-5-3-4-27-35(30)39(55)50(38(27)54)26(20-51)6-9-32(52)44-2/h3-5,7-8,16-20,22,25-26H,6,9-15,21H2,1-2H3,(H2,43,46)(H,44,52)(H,45,53)/t22-,26?/m1/s1. The number of aldehydes is 1. The summed E-state index contributed by atoms with van der Waals surface area (Å²) in [5.74, 6) is -2.23.